The molecule has 0 aliphatic heterocycles. The number of nitrogen functional groups attached to an aromatic ring is 1. The lowest BCUT2D eigenvalue weighted by molar-refractivity contribution is -0.115. The fraction of sp³-hybridized carbons (Fsp3) is 0.500. The number of anilines is 2. The van der Waals surface area contributed by atoms with E-state index in [-0.39, 0.29) is 12.3 Å². The lowest BCUT2D eigenvalue weighted by atomic mass is 10.2. The Labute approximate surface area is 127 Å². The van der Waals surface area contributed by atoms with E-state index in [4.69, 9.17) is 17.3 Å². The Morgan fingerprint density at radius 2 is 2.10 bits per heavy atom. The number of carbonyl (C=O) groups is 1. The van der Waals surface area contributed by atoms with Gasteiger partial charge >= 0.3 is 0 Å². The molecule has 0 aliphatic rings. The minimum Gasteiger partial charge on any atom is -0.397 e. The molecule has 1 aromatic rings. The van der Waals surface area contributed by atoms with Crippen molar-refractivity contribution in [3.8, 4) is 0 Å². The summed E-state index contributed by atoms with van der Waals surface area (Å²) in [5, 5.41) is 3.22. The van der Waals surface area contributed by atoms with Gasteiger partial charge < -0.3 is 11.1 Å². The minimum absolute atomic E-state index is 0.183. The Bertz CT molecular complexity index is 492. The molecule has 1 unspecified atom stereocenters. The van der Waals surface area contributed by atoms with Crippen LogP contribution in [-0.2, 0) is 15.6 Å². The van der Waals surface area contributed by atoms with E-state index in [1.54, 1.807) is 18.2 Å². The number of amides is 1. The van der Waals surface area contributed by atoms with Crippen LogP contribution in [0.5, 0.6) is 0 Å². The van der Waals surface area contributed by atoms with Gasteiger partial charge in [-0.1, -0.05) is 25.4 Å². The smallest absolute Gasteiger partial charge is 0.225 e. The van der Waals surface area contributed by atoms with Crippen molar-refractivity contribution in [2.75, 3.05) is 22.6 Å². The van der Waals surface area contributed by atoms with Crippen LogP contribution in [-0.4, -0.2) is 21.6 Å². The number of carbonyl (C=O) groups excluding carboxylic acids is 1. The molecule has 6 heteroatoms. The number of hydrogen-bond acceptors (Lipinski definition) is 3. The molecule has 1 amide bonds. The van der Waals surface area contributed by atoms with Crippen molar-refractivity contribution in [3.05, 3.63) is 23.2 Å². The predicted molar refractivity (Wildman–Crippen MR) is 86.4 cm³/mol. The highest BCUT2D eigenvalue weighted by atomic mass is 35.5. The van der Waals surface area contributed by atoms with Gasteiger partial charge in [-0.15, -0.1) is 0 Å². The van der Waals surface area contributed by atoms with Crippen molar-refractivity contribution < 1.29 is 9.00 Å². The zero-order valence-electron chi connectivity index (χ0n) is 11.8. The molecule has 0 saturated heterocycles. The molecule has 20 heavy (non-hydrogen) atoms. The molecule has 4 nitrogen and oxygen atoms in total. The van der Waals surface area contributed by atoms with Gasteiger partial charge in [0.15, 0.2) is 0 Å². The largest absolute Gasteiger partial charge is 0.397 e. The van der Waals surface area contributed by atoms with Gasteiger partial charge in [-0.05, 0) is 30.5 Å². The standard InChI is InChI=1S/C14H21ClN2O2S/c1-10(2)5-7-20(19)8-6-14(18)17-13-4-3-11(15)9-12(13)16/h3-4,9-10H,5-8,16H2,1-2H3,(H,17,18). The summed E-state index contributed by atoms with van der Waals surface area (Å²) in [6.07, 6.45) is 1.14. The number of hydrogen-bond donors (Lipinski definition) is 2. The minimum atomic E-state index is -0.941. The van der Waals surface area contributed by atoms with Gasteiger partial charge in [0, 0.05) is 33.7 Å². The molecule has 1 aromatic carbocycles. The molecule has 0 spiro atoms. The monoisotopic (exact) mass is 316 g/mol. The van der Waals surface area contributed by atoms with Crippen LogP contribution in [0.4, 0.5) is 11.4 Å². The quantitative estimate of drug-likeness (QED) is 0.759. The van der Waals surface area contributed by atoms with Crippen molar-refractivity contribution in [1.29, 1.82) is 0 Å². The third-order valence-electron chi connectivity index (χ3n) is 2.77. The van der Waals surface area contributed by atoms with E-state index in [1.807, 2.05) is 0 Å². The van der Waals surface area contributed by atoms with Gasteiger partial charge in [-0.3, -0.25) is 9.00 Å². The maximum Gasteiger partial charge on any atom is 0.225 e. The van der Waals surface area contributed by atoms with Gasteiger partial charge in [-0.25, -0.2) is 0 Å². The molecular formula is C14H21ClN2O2S. The topological polar surface area (TPSA) is 72.2 Å². The molecule has 0 bridgehead atoms. The maximum absolute atomic E-state index is 11.8. The van der Waals surface area contributed by atoms with Crippen molar-refractivity contribution in [3.63, 3.8) is 0 Å². The fourth-order valence-corrected chi connectivity index (χ4v) is 3.07. The fourth-order valence-electron chi connectivity index (χ4n) is 1.54. The summed E-state index contributed by atoms with van der Waals surface area (Å²) in [7, 11) is -0.941. The van der Waals surface area contributed by atoms with Crippen LogP contribution in [0.25, 0.3) is 0 Å². The molecule has 1 atom stereocenters. The first kappa shape index (κ1) is 17.0. The highest BCUT2D eigenvalue weighted by molar-refractivity contribution is 7.84. The highest BCUT2D eigenvalue weighted by Crippen LogP contribution is 2.22. The van der Waals surface area contributed by atoms with Crippen molar-refractivity contribution in [2.45, 2.75) is 26.7 Å². The Morgan fingerprint density at radius 1 is 1.40 bits per heavy atom. The summed E-state index contributed by atoms with van der Waals surface area (Å²) in [6.45, 7) is 4.18. The molecule has 0 aromatic heterocycles. The highest BCUT2D eigenvalue weighted by Gasteiger charge is 2.08. The summed E-state index contributed by atoms with van der Waals surface area (Å²) >= 11 is 5.78. The SMILES string of the molecule is CC(C)CCS(=O)CCC(=O)Nc1ccc(Cl)cc1N. The molecule has 0 heterocycles. The van der Waals surface area contributed by atoms with E-state index < -0.39 is 10.8 Å². The van der Waals surface area contributed by atoms with E-state index in [0.29, 0.717) is 33.8 Å². The van der Waals surface area contributed by atoms with Gasteiger partial charge in [0.1, 0.15) is 0 Å². The van der Waals surface area contributed by atoms with E-state index in [1.165, 1.54) is 0 Å². The third-order valence-corrected chi connectivity index (χ3v) is 4.35. The molecule has 0 radical (unpaired) electrons. The van der Waals surface area contributed by atoms with Crippen LogP contribution in [0.15, 0.2) is 18.2 Å². The van der Waals surface area contributed by atoms with Crippen molar-refractivity contribution in [2.24, 2.45) is 5.92 Å². The molecule has 3 N–H and O–H groups in total. The Balaban J connectivity index is 2.38. The van der Waals surface area contributed by atoms with Crippen molar-refractivity contribution >= 4 is 39.7 Å². The van der Waals surface area contributed by atoms with E-state index >= 15 is 0 Å². The van der Waals surface area contributed by atoms with E-state index in [9.17, 15) is 9.00 Å². The first-order valence-corrected chi connectivity index (χ1v) is 8.45. The maximum atomic E-state index is 11.8. The average Bonchev–Trinajstić information content (AvgIpc) is 2.37. The lowest BCUT2D eigenvalue weighted by Crippen LogP contribution is -2.17. The van der Waals surface area contributed by atoms with Crippen LogP contribution in [0.3, 0.4) is 0 Å². The second-order valence-electron chi connectivity index (χ2n) is 5.06. The van der Waals surface area contributed by atoms with Gasteiger partial charge in [0.05, 0.1) is 11.4 Å². The number of rotatable bonds is 7. The van der Waals surface area contributed by atoms with Crippen LogP contribution in [0.1, 0.15) is 26.7 Å². The van der Waals surface area contributed by atoms with Gasteiger partial charge in [0.2, 0.25) is 5.91 Å². The summed E-state index contributed by atoms with van der Waals surface area (Å²) < 4.78 is 11.7. The number of halogens is 1. The zero-order chi connectivity index (χ0) is 15.1. The van der Waals surface area contributed by atoms with E-state index in [2.05, 4.69) is 19.2 Å². The first-order valence-electron chi connectivity index (χ1n) is 6.58. The molecule has 112 valence electrons. The summed E-state index contributed by atoms with van der Waals surface area (Å²) in [4.78, 5) is 11.8. The normalized spacial score (nSPS) is 12.4. The number of nitrogens with two attached hydrogens (primary N) is 1. The van der Waals surface area contributed by atoms with Crippen LogP contribution in [0.2, 0.25) is 5.02 Å². The number of nitrogens with one attached hydrogen (secondary N) is 1. The molecule has 0 fully saturated rings. The van der Waals surface area contributed by atoms with Crippen LogP contribution in [0, 0.1) is 5.92 Å². The van der Waals surface area contributed by atoms with Crippen LogP contribution < -0.4 is 11.1 Å². The summed E-state index contributed by atoms with van der Waals surface area (Å²) in [6, 6.07) is 4.90. The predicted octanol–water partition coefficient (Wildman–Crippen LogP) is 3.05. The van der Waals surface area contributed by atoms with Gasteiger partial charge in [0.25, 0.3) is 0 Å². The molecule has 0 aliphatic carbocycles. The van der Waals surface area contributed by atoms with Gasteiger partial charge in [-0.2, -0.15) is 0 Å². The number of benzene rings is 1. The second-order valence-corrected chi connectivity index (χ2v) is 7.19. The van der Waals surface area contributed by atoms with E-state index in [0.717, 1.165) is 6.42 Å². The summed E-state index contributed by atoms with van der Waals surface area (Å²) in [5.41, 5.74) is 6.71. The Morgan fingerprint density at radius 3 is 2.70 bits per heavy atom. The van der Waals surface area contributed by atoms with Crippen molar-refractivity contribution in [1.82, 2.24) is 0 Å². The van der Waals surface area contributed by atoms with Crippen LogP contribution >= 0.6 is 11.6 Å². The molecular weight excluding hydrogens is 296 g/mol. The Hall–Kier alpha value is -1.07. The average molecular weight is 317 g/mol. The lowest BCUT2D eigenvalue weighted by Gasteiger charge is -2.09. The Kier molecular flexibility index (Phi) is 7.02. The third kappa shape index (κ3) is 6.39. The summed E-state index contributed by atoms with van der Waals surface area (Å²) in [5.74, 6) is 1.37. The zero-order valence-corrected chi connectivity index (χ0v) is 13.4. The first-order chi connectivity index (χ1) is 9.38. The second kappa shape index (κ2) is 8.27. The molecule has 1 rings (SSSR count). The molecule has 0 saturated carbocycles.